The second-order valence-electron chi connectivity index (χ2n) is 3.97. The summed E-state index contributed by atoms with van der Waals surface area (Å²) in [4.78, 5) is 15.9. The summed E-state index contributed by atoms with van der Waals surface area (Å²) < 4.78 is 1.49. The highest BCUT2D eigenvalue weighted by molar-refractivity contribution is 6.03. The Bertz CT molecular complexity index is 665. The predicted octanol–water partition coefficient (Wildman–Crippen LogP) is 0.830. The van der Waals surface area contributed by atoms with Gasteiger partial charge in [0.05, 0.1) is 16.9 Å². The number of pyridine rings is 1. The van der Waals surface area contributed by atoms with E-state index >= 15 is 0 Å². The molecule has 0 saturated heterocycles. The third-order valence-corrected chi connectivity index (χ3v) is 2.63. The van der Waals surface area contributed by atoms with Crippen molar-refractivity contribution in [3.05, 3.63) is 35.3 Å². The number of nitrogens with one attached hydrogen (secondary N) is 1. The molecule has 3 N–H and O–H groups in total. The highest BCUT2D eigenvalue weighted by atomic mass is 16.2. The van der Waals surface area contributed by atoms with Gasteiger partial charge in [-0.1, -0.05) is 0 Å². The first-order chi connectivity index (χ1) is 9.02. The summed E-state index contributed by atoms with van der Waals surface area (Å²) in [6.45, 7) is 1.75. The second kappa shape index (κ2) is 4.78. The van der Waals surface area contributed by atoms with Gasteiger partial charge in [-0.05, 0) is 19.1 Å². The van der Waals surface area contributed by atoms with E-state index in [9.17, 15) is 4.79 Å². The number of nitrogens with two attached hydrogens (primary N) is 1. The Kier molecular flexibility index (Phi) is 3.16. The smallest absolute Gasteiger partial charge is 0.275 e. The molecule has 2 aromatic rings. The normalized spacial score (nSPS) is 9.95. The number of anilines is 2. The first-order valence-corrected chi connectivity index (χ1v) is 5.49. The number of hydrogen-bond acceptors (Lipinski definition) is 5. The third kappa shape index (κ3) is 2.37. The molecular formula is C12H12N6O. The zero-order valence-electron chi connectivity index (χ0n) is 10.5. The Labute approximate surface area is 109 Å². The van der Waals surface area contributed by atoms with Gasteiger partial charge in [0.15, 0.2) is 5.82 Å². The molecule has 0 aliphatic rings. The lowest BCUT2D eigenvalue weighted by Gasteiger charge is -2.05. The van der Waals surface area contributed by atoms with E-state index in [1.54, 1.807) is 14.0 Å². The zero-order valence-corrected chi connectivity index (χ0v) is 10.5. The van der Waals surface area contributed by atoms with E-state index in [0.29, 0.717) is 22.8 Å². The van der Waals surface area contributed by atoms with E-state index < -0.39 is 5.91 Å². The first kappa shape index (κ1) is 12.6. The van der Waals surface area contributed by atoms with Gasteiger partial charge < -0.3 is 11.1 Å². The predicted molar refractivity (Wildman–Crippen MR) is 69.3 cm³/mol. The lowest BCUT2D eigenvalue weighted by Crippen LogP contribution is -2.16. The molecule has 0 radical (unpaired) electrons. The molecule has 2 heterocycles. The van der Waals surface area contributed by atoms with Crippen molar-refractivity contribution in [3.8, 4) is 6.07 Å². The summed E-state index contributed by atoms with van der Waals surface area (Å²) in [5, 5.41) is 15.4. The number of carbonyl (C=O) groups is 1. The number of nitriles is 1. The van der Waals surface area contributed by atoms with E-state index in [1.807, 2.05) is 6.07 Å². The van der Waals surface area contributed by atoms with Crippen LogP contribution in [0.15, 0.2) is 18.3 Å². The largest absolute Gasteiger partial charge is 0.394 e. The van der Waals surface area contributed by atoms with E-state index in [1.165, 1.54) is 23.0 Å². The van der Waals surface area contributed by atoms with E-state index in [0.717, 1.165) is 0 Å². The molecule has 0 atom stereocenters. The number of aromatic nitrogens is 3. The summed E-state index contributed by atoms with van der Waals surface area (Å²) >= 11 is 0. The highest BCUT2D eigenvalue weighted by Gasteiger charge is 2.14. The lowest BCUT2D eigenvalue weighted by atomic mass is 10.2. The Morgan fingerprint density at radius 1 is 1.53 bits per heavy atom. The number of nitrogens with zero attached hydrogens (tertiary/aromatic N) is 4. The van der Waals surface area contributed by atoms with Gasteiger partial charge in [0, 0.05) is 13.2 Å². The number of amides is 1. The topological polar surface area (TPSA) is 110 Å². The van der Waals surface area contributed by atoms with Crippen LogP contribution in [0.25, 0.3) is 0 Å². The van der Waals surface area contributed by atoms with Gasteiger partial charge >= 0.3 is 0 Å². The number of rotatable bonds is 2. The van der Waals surface area contributed by atoms with Gasteiger partial charge in [-0.15, -0.1) is 0 Å². The fourth-order valence-corrected chi connectivity index (χ4v) is 1.59. The number of carbonyl (C=O) groups excluding carboxylic acids is 1. The zero-order chi connectivity index (χ0) is 14.0. The molecule has 96 valence electrons. The molecule has 0 bridgehead atoms. The Morgan fingerprint density at radius 3 is 2.74 bits per heavy atom. The maximum Gasteiger partial charge on any atom is 0.275 e. The SMILES string of the molecule is Cc1nn(C)c(NC(=O)c2ccc(C#N)cn2)c1N. The Morgan fingerprint density at radius 2 is 2.26 bits per heavy atom. The summed E-state index contributed by atoms with van der Waals surface area (Å²) in [5.41, 5.74) is 7.48. The summed E-state index contributed by atoms with van der Waals surface area (Å²) in [7, 11) is 1.69. The van der Waals surface area contributed by atoms with Crippen molar-refractivity contribution in [2.24, 2.45) is 7.05 Å². The van der Waals surface area contributed by atoms with Crippen LogP contribution in [0.3, 0.4) is 0 Å². The van der Waals surface area contributed by atoms with Crippen molar-refractivity contribution < 1.29 is 4.79 Å². The van der Waals surface area contributed by atoms with Crippen LogP contribution in [0.4, 0.5) is 11.5 Å². The van der Waals surface area contributed by atoms with Crippen molar-refractivity contribution in [2.45, 2.75) is 6.92 Å². The molecule has 0 aliphatic heterocycles. The average Bonchev–Trinajstić information content (AvgIpc) is 2.65. The highest BCUT2D eigenvalue weighted by Crippen LogP contribution is 2.21. The molecule has 2 aromatic heterocycles. The molecule has 0 spiro atoms. The van der Waals surface area contributed by atoms with Crippen molar-refractivity contribution in [2.75, 3.05) is 11.1 Å². The van der Waals surface area contributed by atoms with Crippen LogP contribution in [0.1, 0.15) is 21.7 Å². The lowest BCUT2D eigenvalue weighted by molar-refractivity contribution is 0.102. The third-order valence-electron chi connectivity index (χ3n) is 2.63. The van der Waals surface area contributed by atoms with Crippen molar-refractivity contribution in [1.82, 2.24) is 14.8 Å². The van der Waals surface area contributed by atoms with Crippen LogP contribution < -0.4 is 11.1 Å². The number of hydrogen-bond donors (Lipinski definition) is 2. The molecule has 0 saturated carbocycles. The summed E-state index contributed by atoms with van der Waals surface area (Å²) in [5.74, 6) is 0.0212. The monoisotopic (exact) mass is 256 g/mol. The number of aryl methyl sites for hydroxylation is 2. The minimum Gasteiger partial charge on any atom is -0.394 e. The maximum atomic E-state index is 12.0. The van der Waals surface area contributed by atoms with Crippen molar-refractivity contribution in [1.29, 1.82) is 5.26 Å². The van der Waals surface area contributed by atoms with Crippen LogP contribution in [0, 0.1) is 18.3 Å². The molecular weight excluding hydrogens is 244 g/mol. The van der Waals surface area contributed by atoms with E-state index in [-0.39, 0.29) is 5.69 Å². The molecule has 19 heavy (non-hydrogen) atoms. The standard InChI is InChI=1S/C12H12N6O/c1-7-10(14)11(18(2)17-7)16-12(19)9-4-3-8(5-13)6-15-9/h3-4,6H,14H2,1-2H3,(H,16,19). The molecule has 7 heteroatoms. The van der Waals surface area contributed by atoms with E-state index in [4.69, 9.17) is 11.0 Å². The number of nitrogen functional groups attached to an aromatic ring is 1. The molecule has 0 fully saturated rings. The first-order valence-electron chi connectivity index (χ1n) is 5.49. The van der Waals surface area contributed by atoms with Gasteiger partial charge in [-0.3, -0.25) is 9.48 Å². The fourth-order valence-electron chi connectivity index (χ4n) is 1.59. The van der Waals surface area contributed by atoms with Crippen LogP contribution in [0.5, 0.6) is 0 Å². The van der Waals surface area contributed by atoms with E-state index in [2.05, 4.69) is 15.4 Å². The second-order valence-corrected chi connectivity index (χ2v) is 3.97. The van der Waals surface area contributed by atoms with Gasteiger partial charge in [-0.25, -0.2) is 4.98 Å². The van der Waals surface area contributed by atoms with Crippen LogP contribution in [0.2, 0.25) is 0 Å². The Hall–Kier alpha value is -2.88. The fraction of sp³-hybridized carbons (Fsp3) is 0.167. The average molecular weight is 256 g/mol. The van der Waals surface area contributed by atoms with Crippen LogP contribution >= 0.6 is 0 Å². The van der Waals surface area contributed by atoms with Crippen LogP contribution in [-0.2, 0) is 7.05 Å². The summed E-state index contributed by atoms with van der Waals surface area (Å²) in [6.07, 6.45) is 1.34. The van der Waals surface area contributed by atoms with Gasteiger partial charge in [0.25, 0.3) is 5.91 Å². The van der Waals surface area contributed by atoms with Gasteiger partial charge in [-0.2, -0.15) is 10.4 Å². The Balaban J connectivity index is 2.23. The quantitative estimate of drug-likeness (QED) is 0.826. The molecule has 7 nitrogen and oxygen atoms in total. The van der Waals surface area contributed by atoms with Crippen molar-refractivity contribution in [3.63, 3.8) is 0 Å². The molecule has 0 unspecified atom stereocenters. The minimum absolute atomic E-state index is 0.206. The van der Waals surface area contributed by atoms with Gasteiger partial charge in [0.2, 0.25) is 0 Å². The minimum atomic E-state index is -0.404. The molecule has 2 rings (SSSR count). The molecule has 0 aromatic carbocycles. The van der Waals surface area contributed by atoms with Gasteiger partial charge in [0.1, 0.15) is 11.8 Å². The van der Waals surface area contributed by atoms with Crippen molar-refractivity contribution >= 4 is 17.4 Å². The molecule has 0 aliphatic carbocycles. The van der Waals surface area contributed by atoms with Crippen LogP contribution in [-0.4, -0.2) is 20.7 Å². The molecule has 1 amide bonds. The maximum absolute atomic E-state index is 12.0. The summed E-state index contributed by atoms with van der Waals surface area (Å²) in [6, 6.07) is 4.94.